The molecule has 5 heteroatoms. The van der Waals surface area contributed by atoms with Crippen molar-refractivity contribution in [1.29, 1.82) is 0 Å². The molecule has 15 heavy (non-hydrogen) atoms. The van der Waals surface area contributed by atoms with Crippen LogP contribution < -0.4 is 0 Å². The molecule has 1 aliphatic rings. The Morgan fingerprint density at radius 3 is 2.40 bits per heavy atom. The lowest BCUT2D eigenvalue weighted by atomic mass is 10.0. The molecule has 1 fully saturated rings. The first-order valence-corrected chi connectivity index (χ1v) is 5.05. The maximum Gasteiger partial charge on any atom is 0.312 e. The minimum Gasteiger partial charge on any atom is -0.426 e. The molecule has 1 rings (SSSR count). The molecule has 0 aromatic rings. The van der Waals surface area contributed by atoms with E-state index in [1.807, 2.05) is 0 Å². The van der Waals surface area contributed by atoms with Gasteiger partial charge < -0.3 is 14.2 Å². The third-order valence-corrected chi connectivity index (χ3v) is 2.17. The molecular formula is C10H16O5. The van der Waals surface area contributed by atoms with Crippen LogP contribution in [0.25, 0.3) is 0 Å². The van der Waals surface area contributed by atoms with Crippen molar-refractivity contribution in [2.75, 3.05) is 13.2 Å². The van der Waals surface area contributed by atoms with E-state index in [0.29, 0.717) is 26.1 Å². The van der Waals surface area contributed by atoms with Crippen LogP contribution in [-0.2, 0) is 23.8 Å². The van der Waals surface area contributed by atoms with Gasteiger partial charge in [-0.05, 0) is 12.8 Å². The van der Waals surface area contributed by atoms with Crippen LogP contribution in [0.3, 0.4) is 0 Å². The fourth-order valence-corrected chi connectivity index (χ4v) is 1.45. The second-order valence-electron chi connectivity index (χ2n) is 3.50. The van der Waals surface area contributed by atoms with Crippen molar-refractivity contribution in [3.8, 4) is 0 Å². The average Bonchev–Trinajstić information content (AvgIpc) is 2.17. The molecule has 0 unspecified atom stereocenters. The van der Waals surface area contributed by atoms with E-state index in [0.717, 1.165) is 0 Å². The summed E-state index contributed by atoms with van der Waals surface area (Å²) in [6, 6.07) is 0. The Labute approximate surface area is 88.7 Å². The number of carbonyl (C=O) groups excluding carboxylic acids is 2. The molecule has 0 saturated carbocycles. The van der Waals surface area contributed by atoms with E-state index in [9.17, 15) is 9.59 Å². The van der Waals surface area contributed by atoms with Gasteiger partial charge in [0, 0.05) is 27.1 Å². The van der Waals surface area contributed by atoms with Crippen molar-refractivity contribution in [2.24, 2.45) is 5.92 Å². The molecule has 0 amide bonds. The Balaban J connectivity index is 2.30. The van der Waals surface area contributed by atoms with E-state index >= 15 is 0 Å². The minimum atomic E-state index is -0.808. The standard InChI is InChI=1S/C10H16O5/c1-7(11)14-8(2)15-10(12)9-3-5-13-6-4-9/h8-9H,3-6H2,1-2H3/t8-/m1/s1. The monoisotopic (exact) mass is 216 g/mol. The summed E-state index contributed by atoms with van der Waals surface area (Å²) >= 11 is 0. The number of ether oxygens (including phenoxy) is 3. The number of carbonyl (C=O) groups is 2. The van der Waals surface area contributed by atoms with Gasteiger partial charge in [-0.3, -0.25) is 9.59 Å². The number of rotatable bonds is 3. The molecule has 5 nitrogen and oxygen atoms in total. The van der Waals surface area contributed by atoms with E-state index in [1.165, 1.54) is 13.8 Å². The van der Waals surface area contributed by atoms with Crippen molar-refractivity contribution in [1.82, 2.24) is 0 Å². The zero-order valence-corrected chi connectivity index (χ0v) is 9.02. The number of esters is 2. The first kappa shape index (κ1) is 12.0. The zero-order valence-electron chi connectivity index (χ0n) is 9.02. The summed E-state index contributed by atoms with van der Waals surface area (Å²) in [5.74, 6) is -0.897. The fourth-order valence-electron chi connectivity index (χ4n) is 1.45. The Hall–Kier alpha value is -1.10. The summed E-state index contributed by atoms with van der Waals surface area (Å²) in [5, 5.41) is 0. The quantitative estimate of drug-likeness (QED) is 0.517. The summed E-state index contributed by atoms with van der Waals surface area (Å²) in [4.78, 5) is 22.1. The second-order valence-corrected chi connectivity index (χ2v) is 3.50. The topological polar surface area (TPSA) is 61.8 Å². The Morgan fingerprint density at radius 1 is 1.27 bits per heavy atom. The van der Waals surface area contributed by atoms with E-state index in [1.54, 1.807) is 0 Å². The van der Waals surface area contributed by atoms with Gasteiger partial charge in [0.2, 0.25) is 6.29 Å². The average molecular weight is 216 g/mol. The normalized spacial score (nSPS) is 19.3. The lowest BCUT2D eigenvalue weighted by molar-refractivity contribution is -0.187. The van der Waals surface area contributed by atoms with Gasteiger partial charge in [0.25, 0.3) is 0 Å². The molecule has 0 bridgehead atoms. The van der Waals surface area contributed by atoms with Gasteiger partial charge >= 0.3 is 11.9 Å². The lowest BCUT2D eigenvalue weighted by Gasteiger charge is -2.22. The van der Waals surface area contributed by atoms with E-state index in [2.05, 4.69) is 0 Å². The summed E-state index contributed by atoms with van der Waals surface area (Å²) in [7, 11) is 0. The van der Waals surface area contributed by atoms with Crippen molar-refractivity contribution in [2.45, 2.75) is 33.0 Å². The molecule has 0 radical (unpaired) electrons. The van der Waals surface area contributed by atoms with Crippen LogP contribution in [0.15, 0.2) is 0 Å². The molecular weight excluding hydrogens is 200 g/mol. The first-order chi connectivity index (χ1) is 7.09. The van der Waals surface area contributed by atoms with Crippen LogP contribution in [0.2, 0.25) is 0 Å². The summed E-state index contributed by atoms with van der Waals surface area (Å²) < 4.78 is 14.8. The van der Waals surface area contributed by atoms with Gasteiger partial charge in [0.15, 0.2) is 0 Å². The van der Waals surface area contributed by atoms with Crippen molar-refractivity contribution < 1.29 is 23.8 Å². The fraction of sp³-hybridized carbons (Fsp3) is 0.800. The third-order valence-electron chi connectivity index (χ3n) is 2.17. The van der Waals surface area contributed by atoms with E-state index in [-0.39, 0.29) is 11.9 Å². The van der Waals surface area contributed by atoms with Gasteiger partial charge in [0.05, 0.1) is 5.92 Å². The molecule has 0 aliphatic carbocycles. The summed E-state index contributed by atoms with van der Waals surface area (Å²) in [5.41, 5.74) is 0. The van der Waals surface area contributed by atoms with Gasteiger partial charge in [-0.15, -0.1) is 0 Å². The molecule has 1 heterocycles. The maximum absolute atomic E-state index is 11.5. The van der Waals surface area contributed by atoms with Crippen LogP contribution >= 0.6 is 0 Å². The van der Waals surface area contributed by atoms with Gasteiger partial charge in [0.1, 0.15) is 0 Å². The second kappa shape index (κ2) is 5.70. The van der Waals surface area contributed by atoms with Gasteiger partial charge in [-0.25, -0.2) is 0 Å². The molecule has 0 aromatic carbocycles. The number of hydrogen-bond donors (Lipinski definition) is 0. The molecule has 86 valence electrons. The third kappa shape index (κ3) is 4.29. The van der Waals surface area contributed by atoms with Crippen molar-refractivity contribution >= 4 is 11.9 Å². The highest BCUT2D eigenvalue weighted by molar-refractivity contribution is 5.73. The highest BCUT2D eigenvalue weighted by Crippen LogP contribution is 2.17. The van der Waals surface area contributed by atoms with Crippen molar-refractivity contribution in [3.05, 3.63) is 0 Å². The molecule has 1 atom stereocenters. The molecule has 1 saturated heterocycles. The largest absolute Gasteiger partial charge is 0.426 e. The maximum atomic E-state index is 11.5. The smallest absolute Gasteiger partial charge is 0.312 e. The summed E-state index contributed by atoms with van der Waals surface area (Å²) in [6.07, 6.45) is 0.537. The molecule has 0 aromatic heterocycles. The first-order valence-electron chi connectivity index (χ1n) is 5.05. The van der Waals surface area contributed by atoms with Crippen LogP contribution in [0.4, 0.5) is 0 Å². The highest BCUT2D eigenvalue weighted by atomic mass is 16.7. The van der Waals surface area contributed by atoms with Crippen LogP contribution in [-0.4, -0.2) is 31.4 Å². The SMILES string of the molecule is CC(=O)O[C@@H](C)OC(=O)C1CCOCC1. The molecule has 0 spiro atoms. The van der Waals surface area contributed by atoms with Crippen LogP contribution in [0, 0.1) is 5.92 Å². The highest BCUT2D eigenvalue weighted by Gasteiger charge is 2.25. The Morgan fingerprint density at radius 2 is 1.87 bits per heavy atom. The lowest BCUT2D eigenvalue weighted by Crippen LogP contribution is -2.29. The zero-order chi connectivity index (χ0) is 11.3. The minimum absolute atomic E-state index is 0.128. The molecule has 0 N–H and O–H groups in total. The summed E-state index contributed by atoms with van der Waals surface area (Å²) in [6.45, 7) is 3.97. The van der Waals surface area contributed by atoms with Gasteiger partial charge in [-0.2, -0.15) is 0 Å². The Bertz CT molecular complexity index is 232. The van der Waals surface area contributed by atoms with E-state index in [4.69, 9.17) is 14.2 Å². The van der Waals surface area contributed by atoms with E-state index < -0.39 is 12.3 Å². The Kier molecular flexibility index (Phi) is 4.55. The van der Waals surface area contributed by atoms with Gasteiger partial charge in [-0.1, -0.05) is 0 Å². The predicted octanol–water partition coefficient (Wildman–Crippen LogP) is 0.865. The van der Waals surface area contributed by atoms with Crippen LogP contribution in [0.1, 0.15) is 26.7 Å². The number of hydrogen-bond acceptors (Lipinski definition) is 5. The predicted molar refractivity (Wildman–Crippen MR) is 50.9 cm³/mol. The van der Waals surface area contributed by atoms with Crippen LogP contribution in [0.5, 0.6) is 0 Å². The molecule has 1 aliphatic heterocycles. The van der Waals surface area contributed by atoms with Crippen molar-refractivity contribution in [3.63, 3.8) is 0 Å².